The molecule has 3 aromatic carbocycles. The zero-order valence-electron chi connectivity index (χ0n) is 15.2. The van der Waals surface area contributed by atoms with Crippen LogP contribution in [0.5, 0.6) is 11.5 Å². The lowest BCUT2D eigenvalue weighted by Gasteiger charge is -2.13. The molecule has 1 amide bonds. The number of anilines is 2. The Labute approximate surface area is 178 Å². The van der Waals surface area contributed by atoms with Gasteiger partial charge in [0, 0.05) is 9.26 Å². The second-order valence-corrected chi connectivity index (χ2v) is 7.16. The summed E-state index contributed by atoms with van der Waals surface area (Å²) in [6, 6.07) is 24.8. The molecule has 3 aromatic rings. The van der Waals surface area contributed by atoms with Crippen LogP contribution in [-0.4, -0.2) is 25.7 Å². The van der Waals surface area contributed by atoms with Crippen molar-refractivity contribution in [3.63, 3.8) is 0 Å². The highest BCUT2D eigenvalue weighted by molar-refractivity contribution is 14.1. The van der Waals surface area contributed by atoms with Gasteiger partial charge in [-0.05, 0) is 71.1 Å². The first-order valence-corrected chi connectivity index (χ1v) is 9.97. The molecule has 0 heterocycles. The molecule has 5 nitrogen and oxygen atoms in total. The molecule has 6 heteroatoms. The largest absolute Gasteiger partial charge is 0.490 e. The van der Waals surface area contributed by atoms with Gasteiger partial charge < -0.3 is 20.1 Å². The van der Waals surface area contributed by atoms with Crippen molar-refractivity contribution < 1.29 is 14.3 Å². The number of carbonyl (C=O) groups is 1. The van der Waals surface area contributed by atoms with Gasteiger partial charge in [-0.15, -0.1) is 0 Å². The highest BCUT2D eigenvalue weighted by Gasteiger charge is 2.08. The molecule has 0 saturated carbocycles. The zero-order chi connectivity index (χ0) is 19.6. The molecule has 0 spiro atoms. The molecular formula is C22H21IN2O3. The van der Waals surface area contributed by atoms with E-state index in [4.69, 9.17) is 9.47 Å². The fourth-order valence-electron chi connectivity index (χ4n) is 2.47. The van der Waals surface area contributed by atoms with Crippen LogP contribution in [0.1, 0.15) is 0 Å². The minimum Gasteiger partial charge on any atom is -0.490 e. The monoisotopic (exact) mass is 488 g/mol. The Bertz CT molecular complexity index is 886. The summed E-state index contributed by atoms with van der Waals surface area (Å²) in [6.45, 7) is 0.968. The summed E-state index contributed by atoms with van der Waals surface area (Å²) in [5, 5.41) is 5.99. The molecule has 0 aliphatic carbocycles. The van der Waals surface area contributed by atoms with Crippen LogP contribution in [0, 0.1) is 3.57 Å². The van der Waals surface area contributed by atoms with Crippen LogP contribution in [0.15, 0.2) is 78.9 Å². The fourth-order valence-corrected chi connectivity index (χ4v) is 2.83. The second-order valence-electron chi connectivity index (χ2n) is 5.91. The van der Waals surface area contributed by atoms with E-state index in [1.165, 1.54) is 0 Å². The van der Waals surface area contributed by atoms with Crippen molar-refractivity contribution in [1.29, 1.82) is 0 Å². The Kier molecular flexibility index (Phi) is 7.54. The quantitative estimate of drug-likeness (QED) is 0.336. The Balaban J connectivity index is 1.47. The maximum Gasteiger partial charge on any atom is 0.243 e. The first-order valence-electron chi connectivity index (χ1n) is 8.90. The third-order valence-electron chi connectivity index (χ3n) is 3.81. The standard InChI is InChI=1S/C22H21IN2O3/c23-17-10-12-18(13-11-17)24-16-22(26)25-20-8-4-5-9-21(20)28-15-14-27-19-6-2-1-3-7-19/h1-13,24H,14-16H2,(H,25,26). The number of hydrogen-bond donors (Lipinski definition) is 2. The van der Waals surface area contributed by atoms with Crippen LogP contribution in [0.3, 0.4) is 0 Å². The minimum atomic E-state index is -0.143. The molecular weight excluding hydrogens is 467 g/mol. The number of nitrogens with one attached hydrogen (secondary N) is 2. The SMILES string of the molecule is O=C(CNc1ccc(I)cc1)Nc1ccccc1OCCOc1ccccc1. The number of para-hydroxylation sites is 3. The van der Waals surface area contributed by atoms with Gasteiger partial charge >= 0.3 is 0 Å². The third kappa shape index (κ3) is 6.45. The van der Waals surface area contributed by atoms with Gasteiger partial charge in [-0.2, -0.15) is 0 Å². The Morgan fingerprint density at radius 1 is 0.821 bits per heavy atom. The molecule has 0 atom stereocenters. The number of hydrogen-bond acceptors (Lipinski definition) is 4. The van der Waals surface area contributed by atoms with Crippen LogP contribution < -0.4 is 20.1 Å². The van der Waals surface area contributed by atoms with Gasteiger partial charge in [0.1, 0.15) is 24.7 Å². The van der Waals surface area contributed by atoms with E-state index in [2.05, 4.69) is 33.2 Å². The number of halogens is 1. The minimum absolute atomic E-state index is 0.143. The van der Waals surface area contributed by atoms with E-state index in [9.17, 15) is 4.79 Å². The van der Waals surface area contributed by atoms with E-state index in [1.54, 1.807) is 0 Å². The van der Waals surface area contributed by atoms with Crippen LogP contribution in [0.2, 0.25) is 0 Å². The van der Waals surface area contributed by atoms with Gasteiger partial charge in [0.05, 0.1) is 12.2 Å². The van der Waals surface area contributed by atoms with Gasteiger partial charge in [0.2, 0.25) is 5.91 Å². The maximum atomic E-state index is 12.3. The molecule has 0 radical (unpaired) electrons. The molecule has 0 saturated heterocycles. The van der Waals surface area contributed by atoms with Crippen LogP contribution >= 0.6 is 22.6 Å². The van der Waals surface area contributed by atoms with Crippen molar-refractivity contribution in [2.75, 3.05) is 30.4 Å². The van der Waals surface area contributed by atoms with Crippen LogP contribution in [0.4, 0.5) is 11.4 Å². The van der Waals surface area contributed by atoms with Gasteiger partial charge in [0.25, 0.3) is 0 Å². The van der Waals surface area contributed by atoms with Gasteiger partial charge in [-0.3, -0.25) is 4.79 Å². The highest BCUT2D eigenvalue weighted by Crippen LogP contribution is 2.23. The molecule has 28 heavy (non-hydrogen) atoms. The number of ether oxygens (including phenoxy) is 2. The molecule has 0 aliphatic rings. The summed E-state index contributed by atoms with van der Waals surface area (Å²) < 4.78 is 12.5. The Hall–Kier alpha value is -2.74. The van der Waals surface area contributed by atoms with Crippen molar-refractivity contribution >= 4 is 39.9 Å². The average molecular weight is 488 g/mol. The molecule has 0 unspecified atom stereocenters. The predicted octanol–water partition coefficient (Wildman–Crippen LogP) is 4.80. The lowest BCUT2D eigenvalue weighted by Crippen LogP contribution is -2.22. The normalized spacial score (nSPS) is 10.2. The molecule has 2 N–H and O–H groups in total. The fraction of sp³-hybridized carbons (Fsp3) is 0.136. The number of benzene rings is 3. The lowest BCUT2D eigenvalue weighted by molar-refractivity contribution is -0.114. The number of amides is 1. The van der Waals surface area contributed by atoms with Gasteiger partial charge in [-0.1, -0.05) is 30.3 Å². The lowest BCUT2D eigenvalue weighted by atomic mass is 10.3. The van der Waals surface area contributed by atoms with Crippen molar-refractivity contribution in [1.82, 2.24) is 0 Å². The average Bonchev–Trinajstić information content (AvgIpc) is 2.73. The van der Waals surface area contributed by atoms with Gasteiger partial charge in [0.15, 0.2) is 0 Å². The van der Waals surface area contributed by atoms with Crippen molar-refractivity contribution in [3.05, 3.63) is 82.4 Å². The second kappa shape index (κ2) is 10.6. The summed E-state index contributed by atoms with van der Waals surface area (Å²) in [5.41, 5.74) is 1.54. The van der Waals surface area contributed by atoms with E-state index < -0.39 is 0 Å². The molecule has 144 valence electrons. The summed E-state index contributed by atoms with van der Waals surface area (Å²) in [4.78, 5) is 12.3. The first kappa shape index (κ1) is 20.0. The molecule has 0 aliphatic heterocycles. The zero-order valence-corrected chi connectivity index (χ0v) is 17.4. The highest BCUT2D eigenvalue weighted by atomic mass is 127. The van der Waals surface area contributed by atoms with E-state index in [1.807, 2.05) is 78.9 Å². The van der Waals surface area contributed by atoms with Crippen molar-refractivity contribution in [3.8, 4) is 11.5 Å². The summed E-state index contributed by atoms with van der Waals surface area (Å²) in [5.74, 6) is 1.27. The van der Waals surface area contributed by atoms with Crippen molar-refractivity contribution in [2.24, 2.45) is 0 Å². The molecule has 0 bridgehead atoms. The van der Waals surface area contributed by atoms with E-state index in [-0.39, 0.29) is 12.5 Å². The van der Waals surface area contributed by atoms with E-state index in [0.29, 0.717) is 24.7 Å². The van der Waals surface area contributed by atoms with Crippen LogP contribution in [-0.2, 0) is 4.79 Å². The predicted molar refractivity (Wildman–Crippen MR) is 120 cm³/mol. The molecule has 0 aromatic heterocycles. The molecule has 3 rings (SSSR count). The summed E-state index contributed by atoms with van der Waals surface area (Å²) in [6.07, 6.45) is 0. The Morgan fingerprint density at radius 3 is 2.29 bits per heavy atom. The van der Waals surface area contributed by atoms with E-state index in [0.717, 1.165) is 15.0 Å². The topological polar surface area (TPSA) is 59.6 Å². The first-order chi connectivity index (χ1) is 13.7. The smallest absolute Gasteiger partial charge is 0.243 e. The number of rotatable bonds is 9. The van der Waals surface area contributed by atoms with Crippen LogP contribution in [0.25, 0.3) is 0 Å². The number of carbonyl (C=O) groups excluding carboxylic acids is 1. The third-order valence-corrected chi connectivity index (χ3v) is 4.53. The summed E-state index contributed by atoms with van der Waals surface area (Å²) in [7, 11) is 0. The Morgan fingerprint density at radius 2 is 1.50 bits per heavy atom. The molecule has 0 fully saturated rings. The summed E-state index contributed by atoms with van der Waals surface area (Å²) >= 11 is 2.24. The van der Waals surface area contributed by atoms with E-state index >= 15 is 0 Å². The van der Waals surface area contributed by atoms with Gasteiger partial charge in [-0.25, -0.2) is 0 Å². The maximum absolute atomic E-state index is 12.3. The van der Waals surface area contributed by atoms with Crippen molar-refractivity contribution in [2.45, 2.75) is 0 Å².